The maximum absolute atomic E-state index is 14.5. The molecular formula is C52H77NO12. The summed E-state index contributed by atoms with van der Waals surface area (Å²) in [6, 6.07) is 8.73. The minimum atomic E-state index is -2.52. The van der Waals surface area contributed by atoms with Gasteiger partial charge in [0.1, 0.15) is 24.0 Å². The number of aliphatic hydroxyl groups is 3. The first-order valence-electron chi connectivity index (χ1n) is 23.9. The molecule has 0 radical (unpaired) electrons. The summed E-state index contributed by atoms with van der Waals surface area (Å²) in [5.41, 5.74) is 1.58. The first kappa shape index (κ1) is 52.4. The average molecular weight is 908 g/mol. The molecule has 0 aromatic heterocycles. The summed E-state index contributed by atoms with van der Waals surface area (Å²) >= 11 is 0. The Morgan fingerprint density at radius 3 is 2.28 bits per heavy atom. The molecule has 2 saturated heterocycles. The fourth-order valence-electron chi connectivity index (χ4n) is 10.7. The molecule has 3 fully saturated rings. The van der Waals surface area contributed by atoms with E-state index in [4.69, 9.17) is 23.7 Å². The number of piperidine rings is 1. The number of aliphatic hydroxyl groups excluding tert-OH is 1. The normalized spacial score (nSPS) is 37.9. The summed E-state index contributed by atoms with van der Waals surface area (Å²) < 4.78 is 30.3. The second-order valence-electron chi connectivity index (χ2n) is 19.6. The van der Waals surface area contributed by atoms with Crippen LogP contribution in [-0.2, 0) is 42.9 Å². The highest BCUT2D eigenvalue weighted by Gasteiger charge is 2.56. The molecule has 1 saturated carbocycles. The molecule has 14 atom stereocenters. The van der Waals surface area contributed by atoms with Gasteiger partial charge in [-0.15, -0.1) is 0 Å². The van der Waals surface area contributed by atoms with Gasteiger partial charge in [0.25, 0.3) is 11.7 Å². The van der Waals surface area contributed by atoms with Gasteiger partial charge in [-0.2, -0.15) is 0 Å². The zero-order valence-electron chi connectivity index (χ0n) is 40.3. The number of Topliss-reactive ketones (excluding diaryl/α,β-unsaturated/α-hetero) is 2. The van der Waals surface area contributed by atoms with E-state index in [9.17, 15) is 34.5 Å². The standard InChI is InChI=1S/C52H77NO12/c1-10-39-26-32(2)25-33(3)27-43(61-7)47-44(62-8)29-35(5)52(60,65-47)48(56)49(57)53-24-15-14-20-40(53)50(58)64-46(36(6)41(54)31-42(39)55)34(4)28-38-21-23-51(59,45(30-38)63-9)22-16-19-37-17-12-11-13-18-37/h11-13,16-19,26,28,33,35-36,38-41,43-47,54,59-60H,10,14-15,20-25,27,29-31H2,1-9H3. The van der Waals surface area contributed by atoms with Crippen molar-refractivity contribution < 1.29 is 58.2 Å². The van der Waals surface area contributed by atoms with Gasteiger partial charge in [0.05, 0.1) is 30.0 Å². The van der Waals surface area contributed by atoms with E-state index in [2.05, 4.69) is 6.92 Å². The molecule has 3 N–H and O–H groups in total. The van der Waals surface area contributed by atoms with Crippen molar-refractivity contribution in [2.75, 3.05) is 27.9 Å². The number of hydrogen-bond donors (Lipinski definition) is 3. The molecule has 1 amide bonds. The number of allylic oxidation sites excluding steroid dienone is 3. The van der Waals surface area contributed by atoms with Gasteiger partial charge in [0.2, 0.25) is 5.79 Å². The van der Waals surface area contributed by atoms with Crippen molar-refractivity contribution in [2.45, 2.75) is 173 Å². The predicted octanol–water partition coefficient (Wildman–Crippen LogP) is 6.95. The maximum atomic E-state index is 14.5. The minimum absolute atomic E-state index is 0.0239. The molecular weight excluding hydrogens is 831 g/mol. The second kappa shape index (κ2) is 23.4. The molecule has 1 aromatic rings. The van der Waals surface area contributed by atoms with Gasteiger partial charge in [-0.3, -0.25) is 14.4 Å². The molecule has 3 aliphatic heterocycles. The molecule has 362 valence electrons. The van der Waals surface area contributed by atoms with Gasteiger partial charge in [-0.25, -0.2) is 4.79 Å². The number of ketones is 2. The van der Waals surface area contributed by atoms with Crippen molar-refractivity contribution in [1.82, 2.24) is 4.90 Å². The number of esters is 1. The third kappa shape index (κ3) is 12.7. The molecule has 3 heterocycles. The molecule has 13 nitrogen and oxygen atoms in total. The van der Waals surface area contributed by atoms with Crippen LogP contribution in [-0.4, -0.2) is 126 Å². The Labute approximate surface area is 386 Å². The van der Waals surface area contributed by atoms with Crippen molar-refractivity contribution in [3.63, 3.8) is 0 Å². The Balaban J connectivity index is 1.48. The Bertz CT molecular complexity index is 1860. The molecule has 5 rings (SSSR count). The number of nitrogens with zero attached hydrogens (tertiary/aromatic N) is 1. The number of hydrogen-bond acceptors (Lipinski definition) is 12. The predicted molar refractivity (Wildman–Crippen MR) is 247 cm³/mol. The number of carbonyl (C=O) groups is 4. The van der Waals surface area contributed by atoms with Crippen LogP contribution >= 0.6 is 0 Å². The Morgan fingerprint density at radius 2 is 1.62 bits per heavy atom. The van der Waals surface area contributed by atoms with Crippen LogP contribution < -0.4 is 0 Å². The summed E-state index contributed by atoms with van der Waals surface area (Å²) in [7, 11) is 4.66. The van der Waals surface area contributed by atoms with Crippen LogP contribution in [0.2, 0.25) is 0 Å². The number of benzene rings is 1. The highest BCUT2D eigenvalue weighted by atomic mass is 16.7. The number of rotatable bonds is 9. The number of carbonyl (C=O) groups excluding carboxylic acids is 4. The van der Waals surface area contributed by atoms with E-state index in [0.717, 1.165) is 11.1 Å². The van der Waals surface area contributed by atoms with Crippen molar-refractivity contribution >= 4 is 29.5 Å². The first-order valence-corrected chi connectivity index (χ1v) is 23.9. The van der Waals surface area contributed by atoms with Crippen molar-refractivity contribution in [3.8, 4) is 0 Å². The molecule has 65 heavy (non-hydrogen) atoms. The minimum Gasteiger partial charge on any atom is -0.456 e. The molecule has 2 bridgehead atoms. The molecule has 1 aromatic carbocycles. The summed E-state index contributed by atoms with van der Waals surface area (Å²) in [6.45, 7) is 11.3. The van der Waals surface area contributed by atoms with Crippen LogP contribution in [0.1, 0.15) is 124 Å². The fraction of sp³-hybridized carbons (Fsp3) is 0.692. The fourth-order valence-corrected chi connectivity index (χ4v) is 10.7. The van der Waals surface area contributed by atoms with E-state index in [-0.39, 0.29) is 43.4 Å². The molecule has 0 spiro atoms. The van der Waals surface area contributed by atoms with E-state index in [1.165, 1.54) is 19.1 Å². The highest BCUT2D eigenvalue weighted by molar-refractivity contribution is 6.39. The lowest BCUT2D eigenvalue weighted by Crippen LogP contribution is -2.64. The Kier molecular flexibility index (Phi) is 18.9. The molecule has 14 unspecified atom stereocenters. The highest BCUT2D eigenvalue weighted by Crippen LogP contribution is 2.41. The summed E-state index contributed by atoms with van der Waals surface area (Å²) in [5, 5.41) is 35.8. The lowest BCUT2D eigenvalue weighted by molar-refractivity contribution is -0.302. The number of ether oxygens (including phenoxy) is 5. The summed E-state index contributed by atoms with van der Waals surface area (Å²) in [4.78, 5) is 58.4. The summed E-state index contributed by atoms with van der Waals surface area (Å²) in [5.74, 6) is -7.69. The van der Waals surface area contributed by atoms with Crippen LogP contribution in [0.15, 0.2) is 59.7 Å². The zero-order valence-corrected chi connectivity index (χ0v) is 40.3. The molecule has 1 aliphatic carbocycles. The summed E-state index contributed by atoms with van der Waals surface area (Å²) in [6.07, 6.45) is 8.17. The topological polar surface area (TPSA) is 178 Å². The Hall–Kier alpha value is -3.56. The zero-order chi connectivity index (χ0) is 47.6. The third-order valence-electron chi connectivity index (χ3n) is 14.7. The van der Waals surface area contributed by atoms with Gasteiger partial charge in [0.15, 0.2) is 0 Å². The largest absolute Gasteiger partial charge is 0.456 e. The van der Waals surface area contributed by atoms with Gasteiger partial charge in [-0.05, 0) is 107 Å². The van der Waals surface area contributed by atoms with E-state index < -0.39 is 89.5 Å². The van der Waals surface area contributed by atoms with Crippen LogP contribution in [0.3, 0.4) is 0 Å². The lowest BCUT2D eigenvalue weighted by Gasteiger charge is -2.47. The van der Waals surface area contributed by atoms with Crippen molar-refractivity contribution in [3.05, 3.63) is 65.3 Å². The average Bonchev–Trinajstić information content (AvgIpc) is 3.29. The Morgan fingerprint density at radius 1 is 0.923 bits per heavy atom. The number of amides is 1. The number of cyclic esters (lactones) is 1. The van der Waals surface area contributed by atoms with E-state index in [1.807, 2.05) is 75.4 Å². The number of methoxy groups -OCH3 is 3. The third-order valence-corrected chi connectivity index (χ3v) is 14.7. The molecule has 13 heteroatoms. The maximum Gasteiger partial charge on any atom is 0.329 e. The van der Waals surface area contributed by atoms with Gasteiger partial charge in [0, 0.05) is 52.0 Å². The smallest absolute Gasteiger partial charge is 0.329 e. The van der Waals surface area contributed by atoms with Crippen LogP contribution in [0, 0.1) is 29.6 Å². The van der Waals surface area contributed by atoms with Crippen molar-refractivity contribution in [1.29, 1.82) is 0 Å². The first-order chi connectivity index (χ1) is 30.9. The van der Waals surface area contributed by atoms with Gasteiger partial charge in [-0.1, -0.05) is 87.9 Å². The molecule has 4 aliphatic rings. The van der Waals surface area contributed by atoms with Gasteiger partial charge >= 0.3 is 5.97 Å². The van der Waals surface area contributed by atoms with E-state index >= 15 is 0 Å². The van der Waals surface area contributed by atoms with E-state index in [0.29, 0.717) is 63.4 Å². The van der Waals surface area contributed by atoms with Crippen LogP contribution in [0.25, 0.3) is 6.08 Å². The lowest BCUT2D eigenvalue weighted by atomic mass is 9.74. The van der Waals surface area contributed by atoms with Crippen LogP contribution in [0.4, 0.5) is 0 Å². The monoisotopic (exact) mass is 908 g/mol. The van der Waals surface area contributed by atoms with Gasteiger partial charge < -0.3 is 43.9 Å². The van der Waals surface area contributed by atoms with Crippen molar-refractivity contribution in [2.24, 2.45) is 29.6 Å². The number of fused-ring (bicyclic) bond motifs is 3. The quantitative estimate of drug-likeness (QED) is 0.132. The second-order valence-corrected chi connectivity index (χ2v) is 19.6. The SMILES string of the molecule is CCC1C=C(C)CC(C)CC(OC)C2OC(O)(C(=O)C(=O)N3CCCCC3C(=O)OC(C(C)=CC3CCC(O)(CC=Cc4ccccc4)C(OC)C3)C(C)C(O)CC1=O)C(C)CC2OC. The van der Waals surface area contributed by atoms with E-state index in [1.54, 1.807) is 21.0 Å². The van der Waals surface area contributed by atoms with Crippen LogP contribution in [0.5, 0.6) is 0 Å².